The molecular formula is C8H16N2O2. The van der Waals surface area contributed by atoms with E-state index in [2.05, 4.69) is 11.8 Å². The molecule has 1 aliphatic heterocycles. The Balaban J connectivity index is 2.40. The van der Waals surface area contributed by atoms with Gasteiger partial charge < -0.3 is 9.47 Å². The maximum absolute atomic E-state index is 7.42. The van der Waals surface area contributed by atoms with Gasteiger partial charge in [0.15, 0.2) is 0 Å². The zero-order valence-corrected chi connectivity index (χ0v) is 7.67. The molecule has 1 N–H and O–H groups in total. The van der Waals surface area contributed by atoms with Gasteiger partial charge in [0, 0.05) is 13.1 Å². The number of rotatable bonds is 2. The third-order valence-corrected chi connectivity index (χ3v) is 2.11. The van der Waals surface area contributed by atoms with Gasteiger partial charge in [0.25, 0.3) is 0 Å². The molecule has 1 unspecified atom stereocenters. The highest BCUT2D eigenvalue weighted by molar-refractivity contribution is 5.77. The van der Waals surface area contributed by atoms with E-state index in [1.807, 2.05) is 0 Å². The van der Waals surface area contributed by atoms with E-state index >= 15 is 0 Å². The lowest BCUT2D eigenvalue weighted by Crippen LogP contribution is -2.46. The van der Waals surface area contributed by atoms with Crippen LogP contribution in [0.2, 0.25) is 0 Å². The third kappa shape index (κ3) is 2.19. The molecule has 1 heterocycles. The number of hydrogen-bond acceptors (Lipinski definition) is 4. The average Bonchev–Trinajstić information content (AvgIpc) is 2.17. The van der Waals surface area contributed by atoms with E-state index in [0.29, 0.717) is 6.61 Å². The predicted octanol–water partition coefficient (Wildman–Crippen LogP) is 0.331. The van der Waals surface area contributed by atoms with Gasteiger partial charge in [0.05, 0.1) is 13.7 Å². The molecule has 0 saturated carbocycles. The van der Waals surface area contributed by atoms with E-state index in [0.717, 1.165) is 19.6 Å². The summed E-state index contributed by atoms with van der Waals surface area (Å²) in [5.74, 6) is 0.230. The van der Waals surface area contributed by atoms with Gasteiger partial charge in [-0.1, -0.05) is 6.92 Å². The number of ether oxygens (including phenoxy) is 2. The number of nitrogens with zero attached hydrogens (tertiary/aromatic N) is 1. The van der Waals surface area contributed by atoms with Crippen LogP contribution in [-0.2, 0) is 9.47 Å². The van der Waals surface area contributed by atoms with Crippen LogP contribution in [-0.4, -0.2) is 50.3 Å². The molecule has 0 radical (unpaired) electrons. The average molecular weight is 172 g/mol. The highest BCUT2D eigenvalue weighted by atomic mass is 16.5. The number of nitrogens with one attached hydrogen (secondary N) is 1. The number of methoxy groups -OCH3 is 1. The fourth-order valence-corrected chi connectivity index (χ4v) is 1.28. The lowest BCUT2D eigenvalue weighted by molar-refractivity contribution is -0.00143. The van der Waals surface area contributed by atoms with Gasteiger partial charge in [-0.2, -0.15) is 0 Å². The summed E-state index contributed by atoms with van der Waals surface area (Å²) in [4.78, 5) is 2.25. The fraction of sp³-hybridized carbons (Fsp3) is 0.875. The zero-order chi connectivity index (χ0) is 8.97. The Morgan fingerprint density at radius 1 is 1.75 bits per heavy atom. The second kappa shape index (κ2) is 4.42. The quantitative estimate of drug-likeness (QED) is 0.482. The van der Waals surface area contributed by atoms with Crippen LogP contribution in [0.4, 0.5) is 0 Å². The van der Waals surface area contributed by atoms with Gasteiger partial charge in [0.1, 0.15) is 6.10 Å². The normalized spacial score (nSPS) is 25.3. The summed E-state index contributed by atoms with van der Waals surface area (Å²) >= 11 is 0. The summed E-state index contributed by atoms with van der Waals surface area (Å²) in [7, 11) is 1.51. The second-order valence-corrected chi connectivity index (χ2v) is 2.82. The molecule has 1 saturated heterocycles. The highest BCUT2D eigenvalue weighted by Crippen LogP contribution is 2.05. The Morgan fingerprint density at radius 3 is 3.08 bits per heavy atom. The third-order valence-electron chi connectivity index (χ3n) is 2.11. The summed E-state index contributed by atoms with van der Waals surface area (Å²) in [6.07, 6.45) is -0.163. The topological polar surface area (TPSA) is 45.5 Å². The Kier molecular flexibility index (Phi) is 3.49. The van der Waals surface area contributed by atoms with Gasteiger partial charge in [-0.15, -0.1) is 0 Å². The Hall–Kier alpha value is -0.610. The molecule has 0 aromatic rings. The van der Waals surface area contributed by atoms with Crippen molar-refractivity contribution in [3.63, 3.8) is 0 Å². The van der Waals surface area contributed by atoms with E-state index in [-0.39, 0.29) is 12.0 Å². The molecule has 0 bridgehead atoms. The van der Waals surface area contributed by atoms with Crippen molar-refractivity contribution < 1.29 is 9.47 Å². The molecule has 0 aromatic heterocycles. The molecule has 0 spiro atoms. The van der Waals surface area contributed by atoms with E-state index in [1.165, 1.54) is 7.11 Å². The molecule has 0 aliphatic carbocycles. The van der Waals surface area contributed by atoms with Crippen molar-refractivity contribution >= 4 is 5.90 Å². The summed E-state index contributed by atoms with van der Waals surface area (Å²) in [6.45, 7) is 5.56. The zero-order valence-electron chi connectivity index (χ0n) is 7.67. The van der Waals surface area contributed by atoms with Crippen LogP contribution in [0.15, 0.2) is 0 Å². The molecule has 12 heavy (non-hydrogen) atoms. The van der Waals surface area contributed by atoms with Gasteiger partial charge >= 0.3 is 0 Å². The number of likely N-dealkylation sites (N-methyl/N-ethyl adjacent to an activating group) is 1. The lowest BCUT2D eigenvalue weighted by atomic mass is 10.2. The van der Waals surface area contributed by atoms with Crippen LogP contribution >= 0.6 is 0 Å². The summed E-state index contributed by atoms with van der Waals surface area (Å²) < 4.78 is 10.2. The smallest absolute Gasteiger partial charge is 0.211 e. The molecule has 1 atom stereocenters. The summed E-state index contributed by atoms with van der Waals surface area (Å²) in [5, 5.41) is 7.42. The van der Waals surface area contributed by atoms with E-state index < -0.39 is 0 Å². The Bertz CT molecular complexity index is 161. The van der Waals surface area contributed by atoms with Gasteiger partial charge in [-0.3, -0.25) is 10.3 Å². The minimum atomic E-state index is -0.163. The van der Waals surface area contributed by atoms with Gasteiger partial charge in [0.2, 0.25) is 5.90 Å². The summed E-state index contributed by atoms with van der Waals surface area (Å²) in [5.41, 5.74) is 0. The van der Waals surface area contributed by atoms with Crippen LogP contribution in [0.25, 0.3) is 0 Å². The van der Waals surface area contributed by atoms with Crippen molar-refractivity contribution in [3.8, 4) is 0 Å². The monoisotopic (exact) mass is 172 g/mol. The molecule has 70 valence electrons. The second-order valence-electron chi connectivity index (χ2n) is 2.82. The van der Waals surface area contributed by atoms with Crippen molar-refractivity contribution in [3.05, 3.63) is 0 Å². The first kappa shape index (κ1) is 9.48. The molecule has 0 aromatic carbocycles. The maximum Gasteiger partial charge on any atom is 0.211 e. The highest BCUT2D eigenvalue weighted by Gasteiger charge is 2.23. The van der Waals surface area contributed by atoms with Crippen LogP contribution in [0.5, 0.6) is 0 Å². The van der Waals surface area contributed by atoms with Crippen LogP contribution < -0.4 is 0 Å². The van der Waals surface area contributed by atoms with E-state index in [9.17, 15) is 0 Å². The number of hydrogen-bond donors (Lipinski definition) is 1. The molecule has 4 nitrogen and oxygen atoms in total. The fourth-order valence-electron chi connectivity index (χ4n) is 1.28. The van der Waals surface area contributed by atoms with Gasteiger partial charge in [-0.05, 0) is 6.54 Å². The predicted molar refractivity (Wildman–Crippen MR) is 46.6 cm³/mol. The Morgan fingerprint density at radius 2 is 2.50 bits per heavy atom. The first-order chi connectivity index (χ1) is 5.77. The molecular weight excluding hydrogens is 156 g/mol. The lowest BCUT2D eigenvalue weighted by Gasteiger charge is -2.31. The molecule has 0 amide bonds. The van der Waals surface area contributed by atoms with Crippen molar-refractivity contribution in [2.24, 2.45) is 0 Å². The molecule has 4 heteroatoms. The largest absolute Gasteiger partial charge is 0.483 e. The Labute approximate surface area is 73.0 Å². The van der Waals surface area contributed by atoms with Crippen LogP contribution in [0.1, 0.15) is 6.92 Å². The maximum atomic E-state index is 7.42. The van der Waals surface area contributed by atoms with Crippen molar-refractivity contribution in [1.29, 1.82) is 5.41 Å². The summed E-state index contributed by atoms with van der Waals surface area (Å²) in [6, 6.07) is 0. The van der Waals surface area contributed by atoms with E-state index in [4.69, 9.17) is 14.9 Å². The first-order valence-electron chi connectivity index (χ1n) is 4.24. The van der Waals surface area contributed by atoms with Gasteiger partial charge in [-0.25, -0.2) is 0 Å². The standard InChI is InChI=1S/C8H16N2O2/c1-3-10-4-5-12-7(6-10)8(9)11-2/h7,9H,3-6H2,1-2H3. The molecule has 1 fully saturated rings. The SMILES string of the molecule is CCN1CCOC(C(=N)OC)C1. The van der Waals surface area contributed by atoms with Crippen molar-refractivity contribution in [2.45, 2.75) is 13.0 Å². The first-order valence-corrected chi connectivity index (χ1v) is 4.24. The van der Waals surface area contributed by atoms with Crippen molar-refractivity contribution in [1.82, 2.24) is 4.90 Å². The van der Waals surface area contributed by atoms with E-state index in [1.54, 1.807) is 0 Å². The minimum absolute atomic E-state index is 0.163. The van der Waals surface area contributed by atoms with Crippen LogP contribution in [0.3, 0.4) is 0 Å². The van der Waals surface area contributed by atoms with Crippen molar-refractivity contribution in [2.75, 3.05) is 33.4 Å². The number of morpholine rings is 1. The molecule has 1 aliphatic rings. The minimum Gasteiger partial charge on any atom is -0.483 e. The van der Waals surface area contributed by atoms with Crippen LogP contribution in [0, 0.1) is 5.41 Å². The molecule has 1 rings (SSSR count).